The molecule has 21 heavy (non-hydrogen) atoms. The molecule has 6 heteroatoms. The van der Waals surface area contributed by atoms with Crippen LogP contribution in [0.4, 0.5) is 15.8 Å². The van der Waals surface area contributed by atoms with Crippen LogP contribution in [0.3, 0.4) is 0 Å². The molecule has 0 aliphatic carbocycles. The number of carbonyl (C=O) groups excluding carboxylic acids is 1. The quantitative estimate of drug-likeness (QED) is 0.863. The zero-order valence-corrected chi connectivity index (χ0v) is 12.9. The normalized spacial score (nSPS) is 10.0. The van der Waals surface area contributed by atoms with E-state index in [2.05, 4.69) is 26.6 Å². The van der Waals surface area contributed by atoms with Crippen LogP contribution in [0.2, 0.25) is 0 Å². The molecular weight excluding hydrogens is 339 g/mol. The molecule has 0 bridgehead atoms. The molecule has 0 aliphatic rings. The Bertz CT molecular complexity index is 649. The van der Waals surface area contributed by atoms with Gasteiger partial charge >= 0.3 is 0 Å². The maximum atomic E-state index is 13.1. The Kier molecular flexibility index (Phi) is 5.16. The fourth-order valence-electron chi connectivity index (χ4n) is 1.69. The molecule has 0 saturated heterocycles. The van der Waals surface area contributed by atoms with Crippen LogP contribution in [0.15, 0.2) is 46.9 Å². The van der Waals surface area contributed by atoms with Crippen molar-refractivity contribution in [3.8, 4) is 5.75 Å². The number of rotatable bonds is 5. The SMILES string of the molecule is COc1cccc(NC(=O)CNc2ccc(F)c(Br)c2)c1. The molecule has 0 heterocycles. The number of benzene rings is 2. The molecule has 1 amide bonds. The summed E-state index contributed by atoms with van der Waals surface area (Å²) in [6.45, 7) is 0.0787. The van der Waals surface area contributed by atoms with Gasteiger partial charge in [-0.05, 0) is 46.3 Å². The largest absolute Gasteiger partial charge is 0.497 e. The average molecular weight is 353 g/mol. The van der Waals surface area contributed by atoms with Crippen molar-refractivity contribution < 1.29 is 13.9 Å². The second-order valence-corrected chi connectivity index (χ2v) is 5.12. The summed E-state index contributed by atoms with van der Waals surface area (Å²) in [6.07, 6.45) is 0. The minimum Gasteiger partial charge on any atom is -0.497 e. The van der Waals surface area contributed by atoms with Crippen LogP contribution in [0.1, 0.15) is 0 Å². The van der Waals surface area contributed by atoms with Gasteiger partial charge in [-0.2, -0.15) is 0 Å². The molecule has 0 aromatic heterocycles. The summed E-state index contributed by atoms with van der Waals surface area (Å²) in [6, 6.07) is 11.6. The molecule has 2 N–H and O–H groups in total. The van der Waals surface area contributed by atoms with E-state index in [1.807, 2.05) is 0 Å². The van der Waals surface area contributed by atoms with Gasteiger partial charge in [0.2, 0.25) is 5.91 Å². The highest BCUT2D eigenvalue weighted by atomic mass is 79.9. The van der Waals surface area contributed by atoms with E-state index < -0.39 is 0 Å². The molecule has 2 aromatic carbocycles. The molecule has 0 radical (unpaired) electrons. The lowest BCUT2D eigenvalue weighted by Crippen LogP contribution is -2.21. The number of halogens is 2. The van der Waals surface area contributed by atoms with Gasteiger partial charge in [0, 0.05) is 17.4 Å². The monoisotopic (exact) mass is 352 g/mol. The first kappa shape index (κ1) is 15.3. The second-order valence-electron chi connectivity index (χ2n) is 4.26. The van der Waals surface area contributed by atoms with Crippen LogP contribution >= 0.6 is 15.9 Å². The number of nitrogens with one attached hydrogen (secondary N) is 2. The van der Waals surface area contributed by atoms with Crippen LogP contribution in [0.25, 0.3) is 0 Å². The van der Waals surface area contributed by atoms with Crippen molar-refractivity contribution in [2.75, 3.05) is 24.3 Å². The zero-order chi connectivity index (χ0) is 15.2. The first-order valence-electron chi connectivity index (χ1n) is 6.21. The van der Waals surface area contributed by atoms with Gasteiger partial charge < -0.3 is 15.4 Å². The second kappa shape index (κ2) is 7.08. The predicted molar refractivity (Wildman–Crippen MR) is 84.2 cm³/mol. The summed E-state index contributed by atoms with van der Waals surface area (Å²) in [4.78, 5) is 11.8. The number of hydrogen-bond acceptors (Lipinski definition) is 3. The topological polar surface area (TPSA) is 50.4 Å². The van der Waals surface area contributed by atoms with Crippen LogP contribution in [-0.2, 0) is 4.79 Å². The highest BCUT2D eigenvalue weighted by molar-refractivity contribution is 9.10. The lowest BCUT2D eigenvalue weighted by Gasteiger charge is -2.09. The summed E-state index contributed by atoms with van der Waals surface area (Å²) < 4.78 is 18.5. The summed E-state index contributed by atoms with van der Waals surface area (Å²) >= 11 is 3.09. The van der Waals surface area contributed by atoms with Crippen molar-refractivity contribution in [1.29, 1.82) is 0 Å². The van der Waals surface area contributed by atoms with Crippen LogP contribution in [0.5, 0.6) is 5.75 Å². The zero-order valence-electron chi connectivity index (χ0n) is 11.3. The molecule has 0 atom stereocenters. The number of methoxy groups -OCH3 is 1. The summed E-state index contributed by atoms with van der Waals surface area (Å²) in [5.41, 5.74) is 1.31. The minimum absolute atomic E-state index is 0.0787. The third-order valence-corrected chi connectivity index (χ3v) is 3.33. The number of ether oxygens (including phenoxy) is 1. The lowest BCUT2D eigenvalue weighted by molar-refractivity contribution is -0.114. The standard InChI is InChI=1S/C15H14BrFN2O2/c1-21-12-4-2-3-11(7-12)19-15(20)9-18-10-5-6-14(17)13(16)8-10/h2-8,18H,9H2,1H3,(H,19,20). The third-order valence-electron chi connectivity index (χ3n) is 2.73. The highest BCUT2D eigenvalue weighted by Crippen LogP contribution is 2.20. The predicted octanol–water partition coefficient (Wildman–Crippen LogP) is 3.65. The molecule has 0 saturated carbocycles. The molecule has 2 aromatic rings. The fraction of sp³-hybridized carbons (Fsp3) is 0.133. The molecular formula is C15H14BrFN2O2. The number of carbonyl (C=O) groups is 1. The van der Waals surface area contributed by atoms with Gasteiger partial charge in [-0.25, -0.2) is 4.39 Å². The first-order valence-corrected chi connectivity index (χ1v) is 7.00. The molecule has 4 nitrogen and oxygen atoms in total. The Morgan fingerprint density at radius 2 is 2.05 bits per heavy atom. The highest BCUT2D eigenvalue weighted by Gasteiger charge is 2.05. The van der Waals surface area contributed by atoms with Gasteiger partial charge in [-0.1, -0.05) is 6.07 Å². The van der Waals surface area contributed by atoms with E-state index in [1.165, 1.54) is 6.07 Å². The van der Waals surface area contributed by atoms with Gasteiger partial charge in [0.05, 0.1) is 18.1 Å². The van der Waals surface area contributed by atoms with Crippen molar-refractivity contribution in [3.05, 3.63) is 52.8 Å². The Morgan fingerprint density at radius 3 is 2.76 bits per heavy atom. The molecule has 2 rings (SSSR count). The van der Waals surface area contributed by atoms with E-state index in [0.29, 0.717) is 21.6 Å². The van der Waals surface area contributed by atoms with Gasteiger partial charge in [-0.15, -0.1) is 0 Å². The van der Waals surface area contributed by atoms with E-state index in [9.17, 15) is 9.18 Å². The molecule has 110 valence electrons. The van der Waals surface area contributed by atoms with E-state index in [-0.39, 0.29) is 18.3 Å². The minimum atomic E-state index is -0.346. The summed E-state index contributed by atoms with van der Waals surface area (Å²) in [7, 11) is 1.56. The van der Waals surface area contributed by atoms with Crippen molar-refractivity contribution in [1.82, 2.24) is 0 Å². The van der Waals surface area contributed by atoms with E-state index in [4.69, 9.17) is 4.74 Å². The average Bonchev–Trinajstić information content (AvgIpc) is 2.48. The van der Waals surface area contributed by atoms with Gasteiger partial charge in [0.15, 0.2) is 0 Å². The van der Waals surface area contributed by atoms with Crippen molar-refractivity contribution in [3.63, 3.8) is 0 Å². The maximum Gasteiger partial charge on any atom is 0.243 e. The van der Waals surface area contributed by atoms with Gasteiger partial charge in [-0.3, -0.25) is 4.79 Å². The van der Waals surface area contributed by atoms with Gasteiger partial charge in [0.25, 0.3) is 0 Å². The number of hydrogen-bond donors (Lipinski definition) is 2. The third kappa shape index (κ3) is 4.46. The fourth-order valence-corrected chi connectivity index (χ4v) is 2.07. The van der Waals surface area contributed by atoms with Crippen molar-refractivity contribution in [2.45, 2.75) is 0 Å². The molecule has 0 fully saturated rings. The van der Waals surface area contributed by atoms with Crippen LogP contribution in [-0.4, -0.2) is 19.6 Å². The van der Waals surface area contributed by atoms with Crippen molar-refractivity contribution >= 4 is 33.2 Å². The molecule has 0 unspecified atom stereocenters. The molecule has 0 aliphatic heterocycles. The molecule has 0 spiro atoms. The van der Waals surface area contributed by atoms with E-state index >= 15 is 0 Å². The lowest BCUT2D eigenvalue weighted by atomic mass is 10.3. The van der Waals surface area contributed by atoms with Gasteiger partial charge in [0.1, 0.15) is 11.6 Å². The summed E-state index contributed by atoms with van der Waals surface area (Å²) in [5.74, 6) is 0.119. The van der Waals surface area contributed by atoms with Crippen LogP contribution < -0.4 is 15.4 Å². The van der Waals surface area contributed by atoms with Crippen molar-refractivity contribution in [2.24, 2.45) is 0 Å². The van der Waals surface area contributed by atoms with E-state index in [1.54, 1.807) is 43.5 Å². The number of amides is 1. The Morgan fingerprint density at radius 1 is 1.24 bits per heavy atom. The maximum absolute atomic E-state index is 13.1. The van der Waals surface area contributed by atoms with E-state index in [0.717, 1.165) is 0 Å². The first-order chi connectivity index (χ1) is 10.1. The Hall–Kier alpha value is -2.08. The summed E-state index contributed by atoms with van der Waals surface area (Å²) in [5, 5.41) is 5.67. The Balaban J connectivity index is 1.90. The number of anilines is 2. The Labute approximate surface area is 130 Å². The smallest absolute Gasteiger partial charge is 0.243 e. The van der Waals surface area contributed by atoms with Crippen LogP contribution in [0, 0.1) is 5.82 Å².